The van der Waals surface area contributed by atoms with Gasteiger partial charge in [0, 0.05) is 30.7 Å². The molecule has 0 aliphatic heterocycles. The second-order valence-electron chi connectivity index (χ2n) is 5.65. The minimum Gasteiger partial charge on any atom is -0.354 e. The summed E-state index contributed by atoms with van der Waals surface area (Å²) in [7, 11) is 3.79. The number of nitrogens with one attached hydrogen (secondary N) is 2. The number of nitrogens with zero attached hydrogens (tertiary/aromatic N) is 3. The van der Waals surface area contributed by atoms with Gasteiger partial charge in [0.1, 0.15) is 0 Å². The van der Waals surface area contributed by atoms with Gasteiger partial charge in [0.2, 0.25) is 0 Å². The average molecular weight is 526 g/mol. The van der Waals surface area contributed by atoms with E-state index < -0.39 is 0 Å². The fourth-order valence-corrected chi connectivity index (χ4v) is 3.94. The fraction of sp³-hybridized carbons (Fsp3) is 0.500. The molecule has 134 valence electrons. The molecule has 5 nitrogen and oxygen atoms in total. The van der Waals surface area contributed by atoms with Gasteiger partial charge in [-0.25, -0.2) is 0 Å². The highest BCUT2D eigenvalue weighted by Crippen LogP contribution is 2.21. The lowest BCUT2D eigenvalue weighted by Crippen LogP contribution is -2.42. The second-order valence-corrected chi connectivity index (χ2v) is 8.20. The third kappa shape index (κ3) is 5.73. The summed E-state index contributed by atoms with van der Waals surface area (Å²) in [6, 6.07) is 4.45. The van der Waals surface area contributed by atoms with Crippen molar-refractivity contribution in [3.8, 4) is 0 Å². The van der Waals surface area contributed by atoms with Gasteiger partial charge in [0.05, 0.1) is 16.0 Å². The van der Waals surface area contributed by atoms with E-state index in [0.29, 0.717) is 0 Å². The Morgan fingerprint density at radius 1 is 1.42 bits per heavy atom. The molecule has 2 heterocycles. The number of hydrogen-bond donors (Lipinski definition) is 2. The van der Waals surface area contributed by atoms with E-state index >= 15 is 0 Å². The van der Waals surface area contributed by atoms with E-state index in [1.807, 2.05) is 11.7 Å². The van der Waals surface area contributed by atoms with Gasteiger partial charge in [0.25, 0.3) is 0 Å². The summed E-state index contributed by atoms with van der Waals surface area (Å²) in [5.74, 6) is 0.821. The number of halogens is 2. The summed E-state index contributed by atoms with van der Waals surface area (Å²) in [4.78, 5) is 5.58. The molecule has 0 amide bonds. The molecule has 0 aromatic carbocycles. The summed E-state index contributed by atoms with van der Waals surface area (Å²) in [5.41, 5.74) is 3.64. The van der Waals surface area contributed by atoms with Crippen LogP contribution in [0.15, 0.2) is 20.9 Å². The van der Waals surface area contributed by atoms with E-state index in [9.17, 15) is 0 Å². The average Bonchev–Trinajstić information content (AvgIpc) is 3.02. The normalized spacial score (nSPS) is 12.7. The molecular formula is C16H25BrIN5S. The van der Waals surface area contributed by atoms with E-state index in [0.717, 1.165) is 28.4 Å². The molecule has 2 rings (SSSR count). The number of rotatable bonds is 5. The Labute approximate surface area is 173 Å². The van der Waals surface area contributed by atoms with Crippen molar-refractivity contribution in [1.82, 2.24) is 20.4 Å². The third-order valence-electron chi connectivity index (χ3n) is 3.83. The van der Waals surface area contributed by atoms with Crippen LogP contribution in [0.1, 0.15) is 28.8 Å². The van der Waals surface area contributed by atoms with Crippen molar-refractivity contribution in [2.24, 2.45) is 12.0 Å². The van der Waals surface area contributed by atoms with E-state index in [1.54, 1.807) is 18.4 Å². The van der Waals surface area contributed by atoms with Crippen molar-refractivity contribution < 1.29 is 0 Å². The minimum absolute atomic E-state index is 0. The second kappa shape index (κ2) is 9.76. The Bertz CT molecular complexity index is 695. The Morgan fingerprint density at radius 2 is 2.12 bits per heavy atom. The quantitative estimate of drug-likeness (QED) is 0.355. The molecule has 2 aromatic rings. The van der Waals surface area contributed by atoms with Crippen LogP contribution in [0.3, 0.4) is 0 Å². The van der Waals surface area contributed by atoms with Gasteiger partial charge in [-0.1, -0.05) is 0 Å². The van der Waals surface area contributed by atoms with Crippen molar-refractivity contribution in [2.45, 2.75) is 39.8 Å². The molecule has 0 aliphatic rings. The van der Waals surface area contributed by atoms with E-state index in [2.05, 4.69) is 69.6 Å². The van der Waals surface area contributed by atoms with Crippen LogP contribution < -0.4 is 10.6 Å². The molecular weight excluding hydrogens is 501 g/mol. The van der Waals surface area contributed by atoms with Crippen LogP contribution in [0.5, 0.6) is 0 Å². The minimum atomic E-state index is 0. The molecule has 0 saturated heterocycles. The van der Waals surface area contributed by atoms with Crippen molar-refractivity contribution >= 4 is 57.2 Å². The Hall–Kier alpha value is -0.610. The number of aryl methyl sites for hydroxylation is 2. The molecule has 0 bridgehead atoms. The first kappa shape index (κ1) is 21.4. The lowest BCUT2D eigenvalue weighted by Gasteiger charge is -2.18. The predicted octanol–water partition coefficient (Wildman–Crippen LogP) is 3.78. The molecule has 0 radical (unpaired) electrons. The monoisotopic (exact) mass is 525 g/mol. The molecule has 8 heteroatoms. The third-order valence-corrected chi connectivity index (χ3v) is 5.46. The van der Waals surface area contributed by atoms with Crippen LogP contribution in [-0.4, -0.2) is 28.8 Å². The molecule has 0 fully saturated rings. The number of aromatic nitrogens is 2. The number of aliphatic imine (C=N–C) groups is 1. The van der Waals surface area contributed by atoms with Crippen molar-refractivity contribution in [1.29, 1.82) is 0 Å². The zero-order chi connectivity index (χ0) is 17.0. The molecule has 1 unspecified atom stereocenters. The highest BCUT2D eigenvalue weighted by molar-refractivity contribution is 14.0. The number of thiophene rings is 1. The first-order valence-corrected chi connectivity index (χ1v) is 9.22. The topological polar surface area (TPSA) is 54.2 Å². The lowest BCUT2D eigenvalue weighted by atomic mass is 10.1. The van der Waals surface area contributed by atoms with Crippen LogP contribution in [0.2, 0.25) is 0 Å². The largest absolute Gasteiger partial charge is 0.354 e. The maximum absolute atomic E-state index is 4.48. The van der Waals surface area contributed by atoms with E-state index in [-0.39, 0.29) is 30.0 Å². The van der Waals surface area contributed by atoms with Crippen LogP contribution >= 0.6 is 51.2 Å². The molecule has 1 atom stereocenters. The molecule has 2 N–H and O–H groups in total. The first-order valence-electron chi connectivity index (χ1n) is 7.61. The molecule has 0 saturated carbocycles. The summed E-state index contributed by atoms with van der Waals surface area (Å²) in [6.45, 7) is 7.12. The highest BCUT2D eigenvalue weighted by Gasteiger charge is 2.14. The molecule has 2 aromatic heterocycles. The zero-order valence-corrected chi connectivity index (χ0v) is 19.4. The first-order chi connectivity index (χ1) is 10.9. The van der Waals surface area contributed by atoms with Gasteiger partial charge < -0.3 is 10.6 Å². The maximum Gasteiger partial charge on any atom is 0.191 e. The summed E-state index contributed by atoms with van der Waals surface area (Å²) < 4.78 is 3.09. The lowest BCUT2D eigenvalue weighted by molar-refractivity contribution is 0.636. The molecule has 0 aliphatic carbocycles. The highest BCUT2D eigenvalue weighted by atomic mass is 127. The predicted molar refractivity (Wildman–Crippen MR) is 117 cm³/mol. The summed E-state index contributed by atoms with van der Waals surface area (Å²) in [5, 5.41) is 11.3. The van der Waals surface area contributed by atoms with Crippen LogP contribution in [0.4, 0.5) is 0 Å². The maximum atomic E-state index is 4.48. The number of guanidine groups is 1. The SMILES string of the molecule is CN=C(NCc1ccc(Br)s1)NC(C)Cc1c(C)nn(C)c1C.I. The molecule has 24 heavy (non-hydrogen) atoms. The zero-order valence-electron chi connectivity index (χ0n) is 14.7. The van der Waals surface area contributed by atoms with E-state index in [4.69, 9.17) is 0 Å². The van der Waals surface area contributed by atoms with Crippen LogP contribution in [0, 0.1) is 13.8 Å². The van der Waals surface area contributed by atoms with Crippen molar-refractivity contribution in [3.05, 3.63) is 37.7 Å². The van der Waals surface area contributed by atoms with Crippen LogP contribution in [0.25, 0.3) is 0 Å². The van der Waals surface area contributed by atoms with Crippen LogP contribution in [-0.2, 0) is 20.0 Å². The van der Waals surface area contributed by atoms with Gasteiger partial charge >= 0.3 is 0 Å². The van der Waals surface area contributed by atoms with E-state index in [1.165, 1.54) is 16.1 Å². The number of hydrogen-bond acceptors (Lipinski definition) is 3. The van der Waals surface area contributed by atoms with Gasteiger partial charge in [-0.05, 0) is 60.8 Å². The van der Waals surface area contributed by atoms with Gasteiger partial charge in [-0.15, -0.1) is 35.3 Å². The summed E-state index contributed by atoms with van der Waals surface area (Å²) in [6.07, 6.45) is 0.927. The summed E-state index contributed by atoms with van der Waals surface area (Å²) >= 11 is 5.21. The fourth-order valence-electron chi connectivity index (χ4n) is 2.52. The Kier molecular flexibility index (Phi) is 8.72. The smallest absolute Gasteiger partial charge is 0.191 e. The Morgan fingerprint density at radius 3 is 2.62 bits per heavy atom. The Balaban J connectivity index is 0.00000288. The van der Waals surface area contributed by atoms with Gasteiger partial charge in [-0.2, -0.15) is 5.10 Å². The van der Waals surface area contributed by atoms with Crippen molar-refractivity contribution in [2.75, 3.05) is 7.05 Å². The molecule has 0 spiro atoms. The van der Waals surface area contributed by atoms with Crippen molar-refractivity contribution in [3.63, 3.8) is 0 Å². The standard InChI is InChI=1S/C16H24BrN5S.HI/c1-10(8-14-11(2)21-22(5)12(14)3)20-16(18-4)19-9-13-6-7-15(17)23-13;/h6-7,10H,8-9H2,1-5H3,(H2,18,19,20);1H. The van der Waals surface area contributed by atoms with Gasteiger partial charge in [-0.3, -0.25) is 9.67 Å². The van der Waals surface area contributed by atoms with Gasteiger partial charge in [0.15, 0.2) is 5.96 Å².